The Morgan fingerprint density at radius 1 is 1.29 bits per heavy atom. The Morgan fingerprint density at radius 3 is 2.67 bits per heavy atom. The third-order valence-corrected chi connectivity index (χ3v) is 3.36. The van der Waals surface area contributed by atoms with Gasteiger partial charge >= 0.3 is 5.97 Å². The first-order valence-corrected chi connectivity index (χ1v) is 6.78. The molecule has 6 nitrogen and oxygen atoms in total. The second kappa shape index (κ2) is 6.36. The van der Waals surface area contributed by atoms with E-state index >= 15 is 0 Å². The number of rotatable bonds is 4. The number of para-hydroxylation sites is 1. The lowest BCUT2D eigenvalue weighted by atomic mass is 10.1. The van der Waals surface area contributed by atoms with Crippen LogP contribution in [0.25, 0.3) is 0 Å². The van der Waals surface area contributed by atoms with Gasteiger partial charge in [-0.15, -0.1) is 0 Å². The van der Waals surface area contributed by atoms with Crippen LogP contribution in [-0.4, -0.2) is 22.0 Å². The maximum atomic E-state index is 12.0. The predicted octanol–water partition coefficient (Wildman–Crippen LogP) is 2.31. The van der Waals surface area contributed by atoms with Gasteiger partial charge in [-0.3, -0.25) is 9.78 Å². The molecule has 0 saturated heterocycles. The van der Waals surface area contributed by atoms with Crippen molar-refractivity contribution in [3.05, 3.63) is 52.3 Å². The molecule has 2 aromatic rings. The molecule has 0 unspecified atom stereocenters. The number of nitrogens with two attached hydrogens (primary N) is 1. The van der Waals surface area contributed by atoms with Crippen molar-refractivity contribution >= 4 is 39.2 Å². The molecule has 108 valence electrons. The molecule has 0 aliphatic rings. The van der Waals surface area contributed by atoms with Gasteiger partial charge in [0.25, 0.3) is 0 Å². The number of hydrogen-bond acceptors (Lipinski definition) is 4. The van der Waals surface area contributed by atoms with Crippen LogP contribution in [0.2, 0.25) is 0 Å². The number of anilines is 2. The first-order valence-electron chi connectivity index (χ1n) is 5.99. The Hall–Kier alpha value is -2.41. The van der Waals surface area contributed by atoms with Gasteiger partial charge in [0, 0.05) is 10.2 Å². The zero-order valence-corrected chi connectivity index (χ0v) is 12.4. The fraction of sp³-hybridized carbons (Fsp3) is 0.0714. The number of aromatic carboxylic acids is 1. The van der Waals surface area contributed by atoms with Crippen LogP contribution in [0.1, 0.15) is 16.1 Å². The van der Waals surface area contributed by atoms with Crippen LogP contribution in [0.3, 0.4) is 0 Å². The number of nitrogen functional groups attached to an aromatic ring is 1. The predicted molar refractivity (Wildman–Crippen MR) is 82.1 cm³/mol. The second-order valence-corrected chi connectivity index (χ2v) is 5.13. The second-order valence-electron chi connectivity index (χ2n) is 4.28. The van der Waals surface area contributed by atoms with Crippen molar-refractivity contribution in [2.24, 2.45) is 0 Å². The van der Waals surface area contributed by atoms with Crippen molar-refractivity contribution in [1.82, 2.24) is 4.98 Å². The van der Waals surface area contributed by atoms with Gasteiger partial charge < -0.3 is 16.2 Å². The van der Waals surface area contributed by atoms with Gasteiger partial charge in [0.1, 0.15) is 0 Å². The highest BCUT2D eigenvalue weighted by atomic mass is 79.9. The number of nitrogens with one attached hydrogen (secondary N) is 1. The molecule has 1 heterocycles. The number of amides is 1. The molecule has 0 fully saturated rings. The van der Waals surface area contributed by atoms with Crippen molar-refractivity contribution in [3.63, 3.8) is 0 Å². The van der Waals surface area contributed by atoms with Crippen LogP contribution in [0.15, 0.2) is 41.0 Å². The van der Waals surface area contributed by atoms with Crippen molar-refractivity contribution in [3.8, 4) is 0 Å². The summed E-state index contributed by atoms with van der Waals surface area (Å²) in [5, 5.41) is 11.7. The number of carboxylic acids is 1. The lowest BCUT2D eigenvalue weighted by Gasteiger charge is -2.10. The number of nitrogens with zero attached hydrogens (tertiary/aromatic N) is 1. The van der Waals surface area contributed by atoms with E-state index in [1.165, 1.54) is 12.3 Å². The molecule has 0 atom stereocenters. The summed E-state index contributed by atoms with van der Waals surface area (Å²) in [5.74, 6) is -1.47. The number of halogens is 1. The molecular formula is C14H12BrN3O3. The number of carboxylic acid groups (broad SMARTS) is 1. The molecule has 2 rings (SSSR count). The molecule has 7 heteroatoms. The van der Waals surface area contributed by atoms with Gasteiger partial charge in [0.05, 0.1) is 29.6 Å². The van der Waals surface area contributed by atoms with Crippen LogP contribution >= 0.6 is 15.9 Å². The monoisotopic (exact) mass is 349 g/mol. The van der Waals surface area contributed by atoms with E-state index in [9.17, 15) is 9.59 Å². The number of pyridine rings is 1. The summed E-state index contributed by atoms with van der Waals surface area (Å²) >= 11 is 3.23. The van der Waals surface area contributed by atoms with Crippen molar-refractivity contribution in [1.29, 1.82) is 0 Å². The lowest BCUT2D eigenvalue weighted by molar-refractivity contribution is -0.115. The molecule has 0 bridgehead atoms. The standard InChI is InChI=1S/C14H12BrN3O3/c15-11-3-1-2-10(14(20)21)13(11)18-12(19)6-9-5-4-8(16)7-17-9/h1-5,7H,6,16H2,(H,18,19)(H,20,21). The normalized spacial score (nSPS) is 10.1. The number of aromatic nitrogens is 1. The summed E-state index contributed by atoms with van der Waals surface area (Å²) < 4.78 is 0.501. The van der Waals surface area contributed by atoms with E-state index in [0.717, 1.165) is 0 Å². The third-order valence-electron chi connectivity index (χ3n) is 2.70. The highest BCUT2D eigenvalue weighted by Gasteiger charge is 2.15. The summed E-state index contributed by atoms with van der Waals surface area (Å²) in [6.45, 7) is 0. The van der Waals surface area contributed by atoms with E-state index in [2.05, 4.69) is 26.2 Å². The molecule has 21 heavy (non-hydrogen) atoms. The van der Waals surface area contributed by atoms with Gasteiger partial charge in [-0.1, -0.05) is 6.07 Å². The summed E-state index contributed by atoms with van der Waals surface area (Å²) in [7, 11) is 0. The average Bonchev–Trinajstić information content (AvgIpc) is 2.43. The summed E-state index contributed by atoms with van der Waals surface area (Å²) in [6.07, 6.45) is 1.49. The van der Waals surface area contributed by atoms with E-state index in [-0.39, 0.29) is 23.6 Å². The van der Waals surface area contributed by atoms with E-state index in [4.69, 9.17) is 10.8 Å². The van der Waals surface area contributed by atoms with Gasteiger partial charge in [-0.2, -0.15) is 0 Å². The van der Waals surface area contributed by atoms with Gasteiger partial charge in [0.2, 0.25) is 5.91 Å². The van der Waals surface area contributed by atoms with Crippen molar-refractivity contribution in [2.45, 2.75) is 6.42 Å². The minimum Gasteiger partial charge on any atom is -0.478 e. The minimum atomic E-state index is -1.11. The topological polar surface area (TPSA) is 105 Å². The molecule has 1 amide bonds. The number of hydrogen-bond donors (Lipinski definition) is 3. The van der Waals surface area contributed by atoms with Crippen LogP contribution < -0.4 is 11.1 Å². The molecular weight excluding hydrogens is 338 g/mol. The van der Waals surface area contributed by atoms with Crippen molar-refractivity contribution < 1.29 is 14.7 Å². The first-order chi connectivity index (χ1) is 9.97. The Kier molecular flexibility index (Phi) is 4.54. The van der Waals surface area contributed by atoms with Crippen LogP contribution in [-0.2, 0) is 11.2 Å². The third kappa shape index (κ3) is 3.79. The SMILES string of the molecule is Nc1ccc(CC(=O)Nc2c(Br)cccc2C(=O)O)nc1. The van der Waals surface area contributed by atoms with E-state index in [1.54, 1.807) is 24.3 Å². The smallest absolute Gasteiger partial charge is 0.337 e. The average molecular weight is 350 g/mol. The maximum absolute atomic E-state index is 12.0. The van der Waals surface area contributed by atoms with Crippen LogP contribution in [0, 0.1) is 0 Å². The first kappa shape index (κ1) is 15.0. The zero-order valence-electron chi connectivity index (χ0n) is 10.8. The molecule has 0 spiro atoms. The summed E-state index contributed by atoms with van der Waals surface area (Å²) in [5.41, 5.74) is 6.82. The molecule has 4 N–H and O–H groups in total. The van der Waals surface area contributed by atoms with Crippen LogP contribution in [0.4, 0.5) is 11.4 Å². The number of carbonyl (C=O) groups is 2. The molecule has 0 aliphatic carbocycles. The Morgan fingerprint density at radius 2 is 2.05 bits per heavy atom. The maximum Gasteiger partial charge on any atom is 0.337 e. The minimum absolute atomic E-state index is 0.0167. The van der Waals surface area contributed by atoms with E-state index in [1.807, 2.05) is 0 Å². The number of benzene rings is 1. The quantitative estimate of drug-likeness (QED) is 0.785. The lowest BCUT2D eigenvalue weighted by Crippen LogP contribution is -2.17. The van der Waals surface area contributed by atoms with E-state index in [0.29, 0.717) is 15.9 Å². The Labute approximate surface area is 129 Å². The molecule has 1 aromatic carbocycles. The zero-order chi connectivity index (χ0) is 15.4. The molecule has 1 aromatic heterocycles. The van der Waals surface area contributed by atoms with Crippen LogP contribution in [0.5, 0.6) is 0 Å². The summed E-state index contributed by atoms with van der Waals surface area (Å²) in [6, 6.07) is 7.96. The molecule has 0 radical (unpaired) electrons. The molecule has 0 aliphatic heterocycles. The molecule has 0 saturated carbocycles. The fourth-order valence-electron chi connectivity index (χ4n) is 1.72. The Balaban J connectivity index is 2.16. The van der Waals surface area contributed by atoms with Gasteiger partial charge in [-0.25, -0.2) is 4.79 Å². The van der Waals surface area contributed by atoms with Crippen molar-refractivity contribution in [2.75, 3.05) is 11.1 Å². The van der Waals surface area contributed by atoms with Gasteiger partial charge in [0.15, 0.2) is 0 Å². The summed E-state index contributed by atoms with van der Waals surface area (Å²) in [4.78, 5) is 27.2. The highest BCUT2D eigenvalue weighted by Crippen LogP contribution is 2.26. The highest BCUT2D eigenvalue weighted by molar-refractivity contribution is 9.10. The Bertz CT molecular complexity index is 686. The van der Waals surface area contributed by atoms with Gasteiger partial charge in [-0.05, 0) is 40.2 Å². The number of carbonyl (C=O) groups excluding carboxylic acids is 1. The van der Waals surface area contributed by atoms with E-state index < -0.39 is 5.97 Å². The fourth-order valence-corrected chi connectivity index (χ4v) is 2.18. The largest absolute Gasteiger partial charge is 0.478 e.